The monoisotopic (exact) mass is 361 g/mol. The fourth-order valence-electron chi connectivity index (χ4n) is 5.06. The van der Waals surface area contributed by atoms with Crippen molar-refractivity contribution < 1.29 is 19.1 Å². The maximum absolute atomic E-state index is 12.9. The van der Waals surface area contributed by atoms with Crippen LogP contribution in [0.3, 0.4) is 0 Å². The minimum Gasteiger partial charge on any atom is -0.423 e. The van der Waals surface area contributed by atoms with Crippen molar-refractivity contribution in [2.45, 2.75) is 19.3 Å². The quantitative estimate of drug-likeness (QED) is 0.477. The first-order valence-electron chi connectivity index (χ1n) is 9.38. The fourth-order valence-corrected chi connectivity index (χ4v) is 5.06. The van der Waals surface area contributed by atoms with Crippen molar-refractivity contribution in [1.29, 1.82) is 0 Å². The summed E-state index contributed by atoms with van der Waals surface area (Å²) < 4.78 is 5.32. The number of fused-ring (bicyclic) bond motifs is 5. The number of benzene rings is 2. The summed E-state index contributed by atoms with van der Waals surface area (Å²) in [5.41, 5.74) is 0.914. The number of nitrogens with zero attached hydrogens (tertiary/aromatic N) is 1. The van der Waals surface area contributed by atoms with Crippen molar-refractivity contribution in [1.82, 2.24) is 0 Å². The first kappa shape index (κ1) is 16.2. The molecule has 5 heteroatoms. The lowest BCUT2D eigenvalue weighted by Crippen LogP contribution is -2.32. The third-order valence-corrected chi connectivity index (χ3v) is 6.24. The van der Waals surface area contributed by atoms with E-state index >= 15 is 0 Å². The highest BCUT2D eigenvalue weighted by Crippen LogP contribution is 2.56. The van der Waals surface area contributed by atoms with Gasteiger partial charge < -0.3 is 4.74 Å². The lowest BCUT2D eigenvalue weighted by Gasteiger charge is -2.19. The molecule has 2 aromatic rings. The van der Waals surface area contributed by atoms with Crippen LogP contribution in [0.25, 0.3) is 0 Å². The zero-order chi connectivity index (χ0) is 18.5. The van der Waals surface area contributed by atoms with Crippen LogP contribution < -0.4 is 9.64 Å². The van der Waals surface area contributed by atoms with Gasteiger partial charge in [-0.05, 0) is 67.5 Å². The van der Waals surface area contributed by atoms with Gasteiger partial charge in [0.25, 0.3) is 0 Å². The number of rotatable bonds is 3. The average molecular weight is 361 g/mol. The minimum absolute atomic E-state index is 0.0724. The molecule has 0 radical (unpaired) electrons. The maximum Gasteiger partial charge on any atom is 0.343 e. The van der Waals surface area contributed by atoms with E-state index in [2.05, 4.69) is 0 Å². The van der Waals surface area contributed by atoms with E-state index in [9.17, 15) is 14.4 Å². The molecule has 2 aromatic carbocycles. The molecule has 2 saturated carbocycles. The minimum atomic E-state index is -0.471. The summed E-state index contributed by atoms with van der Waals surface area (Å²) in [6.07, 6.45) is 3.14. The normalized spacial score (nSPS) is 28.5. The molecular formula is C22H19NO4. The second-order valence-corrected chi connectivity index (χ2v) is 7.65. The van der Waals surface area contributed by atoms with Crippen LogP contribution in [0.5, 0.6) is 5.75 Å². The SMILES string of the molecule is O=C(Oc1ccccc1)c1ccc(N2C(=O)C3C4CCC(C4)C3C2=O)cc1. The largest absolute Gasteiger partial charge is 0.423 e. The molecule has 1 saturated heterocycles. The van der Waals surface area contributed by atoms with Crippen LogP contribution in [0.2, 0.25) is 0 Å². The van der Waals surface area contributed by atoms with Gasteiger partial charge in [0.1, 0.15) is 5.75 Å². The first-order chi connectivity index (χ1) is 13.1. The van der Waals surface area contributed by atoms with Crippen LogP contribution in [-0.4, -0.2) is 17.8 Å². The van der Waals surface area contributed by atoms with Crippen molar-refractivity contribution in [3.63, 3.8) is 0 Å². The number of imide groups is 1. The molecule has 0 aromatic heterocycles. The van der Waals surface area contributed by atoms with Crippen molar-refractivity contribution in [3.8, 4) is 5.75 Å². The lowest BCUT2D eigenvalue weighted by atomic mass is 9.81. The van der Waals surface area contributed by atoms with Gasteiger partial charge in [-0.1, -0.05) is 18.2 Å². The number of carbonyl (C=O) groups is 3. The van der Waals surface area contributed by atoms with E-state index in [1.54, 1.807) is 48.5 Å². The molecule has 3 fully saturated rings. The highest BCUT2D eigenvalue weighted by Gasteiger charge is 2.61. The van der Waals surface area contributed by atoms with Crippen LogP contribution in [0, 0.1) is 23.7 Å². The Kier molecular flexibility index (Phi) is 3.64. The van der Waals surface area contributed by atoms with Crippen LogP contribution in [0.1, 0.15) is 29.6 Å². The number of hydrogen-bond acceptors (Lipinski definition) is 4. The van der Waals surface area contributed by atoms with Gasteiger partial charge in [-0.15, -0.1) is 0 Å². The van der Waals surface area contributed by atoms with E-state index in [1.807, 2.05) is 6.07 Å². The van der Waals surface area contributed by atoms with Crippen molar-refractivity contribution in [3.05, 3.63) is 60.2 Å². The average Bonchev–Trinajstić information content (AvgIpc) is 3.37. The number of ether oxygens (including phenoxy) is 1. The summed E-state index contributed by atoms with van der Waals surface area (Å²) in [6.45, 7) is 0. The summed E-state index contributed by atoms with van der Waals surface area (Å²) in [7, 11) is 0. The number of esters is 1. The topological polar surface area (TPSA) is 63.7 Å². The predicted molar refractivity (Wildman–Crippen MR) is 98.1 cm³/mol. The van der Waals surface area contributed by atoms with Crippen molar-refractivity contribution in [2.24, 2.45) is 23.7 Å². The molecule has 4 atom stereocenters. The Morgan fingerprint density at radius 1 is 0.852 bits per heavy atom. The van der Waals surface area contributed by atoms with Crippen LogP contribution in [0.4, 0.5) is 5.69 Å². The van der Waals surface area contributed by atoms with Crippen LogP contribution in [-0.2, 0) is 9.59 Å². The van der Waals surface area contributed by atoms with Gasteiger partial charge >= 0.3 is 5.97 Å². The van der Waals surface area contributed by atoms with Gasteiger partial charge in [0, 0.05) is 0 Å². The Balaban J connectivity index is 1.36. The molecule has 4 unspecified atom stereocenters. The molecule has 5 nitrogen and oxygen atoms in total. The number of hydrogen-bond donors (Lipinski definition) is 0. The molecule has 1 aliphatic heterocycles. The van der Waals surface area contributed by atoms with Gasteiger partial charge in [0.2, 0.25) is 11.8 Å². The van der Waals surface area contributed by atoms with E-state index in [0.717, 1.165) is 19.3 Å². The van der Waals surface area contributed by atoms with E-state index in [4.69, 9.17) is 4.74 Å². The number of anilines is 1. The Hall–Kier alpha value is -2.95. The molecule has 27 heavy (non-hydrogen) atoms. The molecule has 3 aliphatic rings. The highest BCUT2D eigenvalue weighted by atomic mass is 16.5. The highest BCUT2D eigenvalue weighted by molar-refractivity contribution is 6.22. The molecule has 136 valence electrons. The third kappa shape index (κ3) is 2.49. The van der Waals surface area contributed by atoms with E-state index in [0.29, 0.717) is 28.8 Å². The van der Waals surface area contributed by atoms with Gasteiger partial charge in [0.15, 0.2) is 0 Å². The molecule has 5 rings (SSSR count). The fraction of sp³-hybridized carbons (Fsp3) is 0.318. The molecule has 0 spiro atoms. The van der Waals surface area contributed by atoms with Gasteiger partial charge in [-0.2, -0.15) is 0 Å². The van der Waals surface area contributed by atoms with Gasteiger partial charge in [-0.25, -0.2) is 4.79 Å². The van der Waals surface area contributed by atoms with Crippen LogP contribution in [0.15, 0.2) is 54.6 Å². The van der Waals surface area contributed by atoms with E-state index in [-0.39, 0.29) is 23.7 Å². The second kappa shape index (κ2) is 6.05. The summed E-state index contributed by atoms with van der Waals surface area (Å²) in [5.74, 6) is 0.302. The Bertz CT molecular complexity index is 893. The summed E-state index contributed by atoms with van der Waals surface area (Å²) >= 11 is 0. The number of para-hydroxylation sites is 1. The maximum atomic E-state index is 12.9. The predicted octanol–water partition coefficient (Wildman–Crippen LogP) is 3.44. The van der Waals surface area contributed by atoms with Gasteiger partial charge in [0.05, 0.1) is 23.1 Å². The number of amides is 2. The Labute approximate surface area is 156 Å². The standard InChI is InChI=1S/C22H19NO4/c24-20-18-14-6-7-15(12-14)19(18)21(25)23(20)16-10-8-13(9-11-16)22(26)27-17-4-2-1-3-5-17/h1-5,8-11,14-15,18-19H,6-7,12H2. The molecule has 2 amide bonds. The Morgan fingerprint density at radius 3 is 2.04 bits per heavy atom. The second-order valence-electron chi connectivity index (χ2n) is 7.65. The third-order valence-electron chi connectivity index (χ3n) is 6.24. The van der Waals surface area contributed by atoms with Gasteiger partial charge in [-0.3, -0.25) is 14.5 Å². The lowest BCUT2D eigenvalue weighted by molar-refractivity contribution is -0.123. The molecule has 1 heterocycles. The Morgan fingerprint density at radius 2 is 1.44 bits per heavy atom. The summed E-state index contributed by atoms with van der Waals surface area (Å²) in [4.78, 5) is 39.3. The van der Waals surface area contributed by atoms with Crippen molar-refractivity contribution >= 4 is 23.5 Å². The number of carbonyl (C=O) groups excluding carboxylic acids is 3. The molecule has 2 bridgehead atoms. The summed E-state index contributed by atoms with van der Waals surface area (Å²) in [6, 6.07) is 15.4. The molecule has 0 N–H and O–H groups in total. The molecule has 2 aliphatic carbocycles. The smallest absolute Gasteiger partial charge is 0.343 e. The van der Waals surface area contributed by atoms with E-state index < -0.39 is 5.97 Å². The van der Waals surface area contributed by atoms with Crippen LogP contribution >= 0.6 is 0 Å². The first-order valence-corrected chi connectivity index (χ1v) is 9.38. The van der Waals surface area contributed by atoms with E-state index in [1.165, 1.54) is 4.90 Å². The zero-order valence-corrected chi connectivity index (χ0v) is 14.7. The summed E-state index contributed by atoms with van der Waals surface area (Å²) in [5, 5.41) is 0. The van der Waals surface area contributed by atoms with Crippen molar-refractivity contribution in [2.75, 3.05) is 4.90 Å². The zero-order valence-electron chi connectivity index (χ0n) is 14.7. The molecular weight excluding hydrogens is 342 g/mol.